The van der Waals surface area contributed by atoms with Crippen LogP contribution in [0.2, 0.25) is 0 Å². The van der Waals surface area contributed by atoms with Crippen molar-refractivity contribution in [2.75, 3.05) is 6.54 Å². The highest BCUT2D eigenvalue weighted by atomic mass is 16.1. The van der Waals surface area contributed by atoms with Gasteiger partial charge in [0.2, 0.25) is 5.91 Å². The van der Waals surface area contributed by atoms with Crippen molar-refractivity contribution in [2.24, 2.45) is 0 Å². The smallest absolute Gasteiger partial charge is 0.234 e. The third-order valence-electron chi connectivity index (χ3n) is 2.21. The van der Waals surface area contributed by atoms with Gasteiger partial charge >= 0.3 is 0 Å². The lowest BCUT2D eigenvalue weighted by molar-refractivity contribution is -0.120. The van der Waals surface area contributed by atoms with Gasteiger partial charge < -0.3 is 9.88 Å². The first-order valence-electron chi connectivity index (χ1n) is 5.42. The number of nitriles is 1. The molecular formula is C11H16N4O. The number of amides is 1. The van der Waals surface area contributed by atoms with Crippen LogP contribution in [-0.2, 0) is 11.3 Å². The molecule has 0 aliphatic carbocycles. The molecule has 5 nitrogen and oxygen atoms in total. The van der Waals surface area contributed by atoms with E-state index in [0.717, 1.165) is 25.8 Å². The van der Waals surface area contributed by atoms with E-state index in [-0.39, 0.29) is 12.3 Å². The normalized spacial score (nSPS) is 9.69. The topological polar surface area (TPSA) is 70.7 Å². The second-order valence-corrected chi connectivity index (χ2v) is 3.55. The lowest BCUT2D eigenvalue weighted by Gasteiger charge is -2.03. The number of unbranched alkanes of at least 4 members (excludes halogenated alkanes) is 2. The molecule has 16 heavy (non-hydrogen) atoms. The molecule has 5 heteroatoms. The lowest BCUT2D eigenvalue weighted by Crippen LogP contribution is -2.23. The monoisotopic (exact) mass is 220 g/mol. The summed E-state index contributed by atoms with van der Waals surface area (Å²) in [4.78, 5) is 14.9. The molecule has 0 unspecified atom stereocenters. The Hall–Kier alpha value is -1.83. The van der Waals surface area contributed by atoms with Crippen LogP contribution in [0.5, 0.6) is 0 Å². The van der Waals surface area contributed by atoms with E-state index in [1.165, 1.54) is 0 Å². The van der Waals surface area contributed by atoms with Crippen LogP contribution in [0.15, 0.2) is 18.7 Å². The molecule has 1 aromatic heterocycles. The van der Waals surface area contributed by atoms with E-state index in [4.69, 9.17) is 5.26 Å². The number of nitrogens with one attached hydrogen (secondary N) is 1. The highest BCUT2D eigenvalue weighted by molar-refractivity contribution is 5.77. The van der Waals surface area contributed by atoms with E-state index in [1.54, 1.807) is 12.5 Å². The third kappa shape index (κ3) is 5.15. The van der Waals surface area contributed by atoms with Crippen LogP contribution in [0, 0.1) is 11.3 Å². The van der Waals surface area contributed by atoms with Crippen molar-refractivity contribution in [3.05, 3.63) is 18.7 Å². The summed E-state index contributed by atoms with van der Waals surface area (Å²) in [5.74, 6) is -0.183. The van der Waals surface area contributed by atoms with Crippen molar-refractivity contribution < 1.29 is 4.79 Å². The van der Waals surface area contributed by atoms with E-state index in [1.807, 2.05) is 16.8 Å². The highest BCUT2D eigenvalue weighted by Crippen LogP contribution is 1.98. The van der Waals surface area contributed by atoms with Crippen molar-refractivity contribution in [2.45, 2.75) is 32.2 Å². The molecule has 0 aromatic carbocycles. The molecule has 86 valence electrons. The molecule has 0 aliphatic heterocycles. The fraction of sp³-hybridized carbons (Fsp3) is 0.545. The molecule has 0 radical (unpaired) electrons. The zero-order chi connectivity index (χ0) is 11.6. The summed E-state index contributed by atoms with van der Waals surface area (Å²) in [6.45, 7) is 1.62. The Labute approximate surface area is 95.1 Å². The van der Waals surface area contributed by atoms with Crippen molar-refractivity contribution in [1.29, 1.82) is 5.26 Å². The van der Waals surface area contributed by atoms with Gasteiger partial charge in [0.1, 0.15) is 6.42 Å². The SMILES string of the molecule is N#CCC(=O)NCCCCCn1ccnc1. The molecule has 1 N–H and O–H groups in total. The maximum absolute atomic E-state index is 10.9. The molecule has 0 saturated heterocycles. The zero-order valence-electron chi connectivity index (χ0n) is 9.22. The number of aryl methyl sites for hydroxylation is 1. The molecule has 0 spiro atoms. The van der Waals surface area contributed by atoms with Gasteiger partial charge in [0.25, 0.3) is 0 Å². The number of hydrogen-bond acceptors (Lipinski definition) is 3. The van der Waals surface area contributed by atoms with Gasteiger partial charge in [-0.2, -0.15) is 5.26 Å². The van der Waals surface area contributed by atoms with Crippen LogP contribution in [0.4, 0.5) is 0 Å². The molecule has 0 bridgehead atoms. The van der Waals surface area contributed by atoms with Gasteiger partial charge in [-0.1, -0.05) is 0 Å². The first kappa shape index (κ1) is 12.2. The van der Waals surface area contributed by atoms with E-state index in [9.17, 15) is 4.79 Å². The molecule has 1 amide bonds. The van der Waals surface area contributed by atoms with Gasteiger partial charge in [0.05, 0.1) is 12.4 Å². The maximum atomic E-state index is 10.9. The standard InChI is InChI=1S/C11H16N4O/c12-5-4-11(16)14-6-2-1-3-8-15-9-7-13-10-15/h7,9-10H,1-4,6,8H2,(H,14,16). The van der Waals surface area contributed by atoms with Crippen molar-refractivity contribution in [3.8, 4) is 6.07 Å². The van der Waals surface area contributed by atoms with Gasteiger partial charge in [0.15, 0.2) is 0 Å². The summed E-state index contributed by atoms with van der Waals surface area (Å²) in [6.07, 6.45) is 8.54. The fourth-order valence-corrected chi connectivity index (χ4v) is 1.38. The fourth-order valence-electron chi connectivity index (χ4n) is 1.38. The molecule has 0 saturated carbocycles. The molecule has 1 aromatic rings. The number of aromatic nitrogens is 2. The van der Waals surface area contributed by atoms with Gasteiger partial charge in [-0.3, -0.25) is 4.79 Å². The first-order chi connectivity index (χ1) is 7.83. The molecule has 0 atom stereocenters. The summed E-state index contributed by atoms with van der Waals surface area (Å²) in [6, 6.07) is 1.82. The van der Waals surface area contributed by atoms with E-state index in [2.05, 4.69) is 10.3 Å². The maximum Gasteiger partial charge on any atom is 0.234 e. The largest absolute Gasteiger partial charge is 0.355 e. The summed E-state index contributed by atoms with van der Waals surface area (Å²) in [5, 5.41) is 11.0. The predicted molar refractivity (Wildman–Crippen MR) is 59.3 cm³/mol. The summed E-state index contributed by atoms with van der Waals surface area (Å²) in [5.41, 5.74) is 0. The average molecular weight is 220 g/mol. The Bertz CT molecular complexity index is 339. The Morgan fingerprint density at radius 1 is 1.44 bits per heavy atom. The number of carbonyl (C=O) groups is 1. The van der Waals surface area contributed by atoms with Crippen LogP contribution in [0.3, 0.4) is 0 Å². The Morgan fingerprint density at radius 3 is 3.00 bits per heavy atom. The van der Waals surface area contributed by atoms with Crippen LogP contribution in [0.25, 0.3) is 0 Å². The average Bonchev–Trinajstić information content (AvgIpc) is 2.76. The quantitative estimate of drug-likeness (QED) is 0.699. The Kier molecular flexibility index (Phi) is 5.71. The lowest BCUT2D eigenvalue weighted by atomic mass is 10.2. The third-order valence-corrected chi connectivity index (χ3v) is 2.21. The van der Waals surface area contributed by atoms with Crippen LogP contribution < -0.4 is 5.32 Å². The Morgan fingerprint density at radius 2 is 2.31 bits per heavy atom. The summed E-state index contributed by atoms with van der Waals surface area (Å²) < 4.78 is 2.04. The minimum Gasteiger partial charge on any atom is -0.355 e. The number of hydrogen-bond donors (Lipinski definition) is 1. The number of rotatable bonds is 7. The molecular weight excluding hydrogens is 204 g/mol. The minimum absolute atomic E-state index is 0.0466. The van der Waals surface area contributed by atoms with E-state index >= 15 is 0 Å². The number of nitrogens with zero attached hydrogens (tertiary/aromatic N) is 3. The Balaban J connectivity index is 1.93. The molecule has 0 fully saturated rings. The summed E-state index contributed by atoms with van der Waals surface area (Å²) in [7, 11) is 0. The number of imidazole rings is 1. The predicted octanol–water partition coefficient (Wildman–Crippen LogP) is 1.08. The van der Waals surface area contributed by atoms with Crippen LogP contribution in [-0.4, -0.2) is 22.0 Å². The van der Waals surface area contributed by atoms with Crippen LogP contribution >= 0.6 is 0 Å². The van der Waals surface area contributed by atoms with E-state index in [0.29, 0.717) is 6.54 Å². The zero-order valence-corrected chi connectivity index (χ0v) is 9.22. The van der Waals surface area contributed by atoms with Gasteiger partial charge in [-0.25, -0.2) is 4.98 Å². The second-order valence-electron chi connectivity index (χ2n) is 3.55. The number of carbonyl (C=O) groups excluding carboxylic acids is 1. The molecule has 1 rings (SSSR count). The van der Waals surface area contributed by atoms with Crippen molar-refractivity contribution in [3.63, 3.8) is 0 Å². The first-order valence-corrected chi connectivity index (χ1v) is 5.42. The second kappa shape index (κ2) is 7.46. The molecule has 1 heterocycles. The summed E-state index contributed by atoms with van der Waals surface area (Å²) >= 11 is 0. The van der Waals surface area contributed by atoms with E-state index < -0.39 is 0 Å². The minimum atomic E-state index is -0.183. The highest BCUT2D eigenvalue weighted by Gasteiger charge is 1.97. The molecule has 0 aliphatic rings. The van der Waals surface area contributed by atoms with Gasteiger partial charge in [-0.05, 0) is 19.3 Å². The van der Waals surface area contributed by atoms with Crippen molar-refractivity contribution >= 4 is 5.91 Å². The van der Waals surface area contributed by atoms with Crippen LogP contribution in [0.1, 0.15) is 25.7 Å². The van der Waals surface area contributed by atoms with Gasteiger partial charge in [-0.15, -0.1) is 0 Å². The van der Waals surface area contributed by atoms with Gasteiger partial charge in [0, 0.05) is 25.5 Å². The van der Waals surface area contributed by atoms with Crippen molar-refractivity contribution in [1.82, 2.24) is 14.9 Å².